The van der Waals surface area contributed by atoms with Crippen molar-refractivity contribution in [1.82, 2.24) is 0 Å². The van der Waals surface area contributed by atoms with Gasteiger partial charge in [0, 0.05) is 11.8 Å². The third-order valence-electron chi connectivity index (χ3n) is 5.90. The molecule has 0 bridgehead atoms. The lowest BCUT2D eigenvalue weighted by molar-refractivity contribution is -0.111. The molecule has 0 amide bonds. The fourth-order valence-electron chi connectivity index (χ4n) is 4.39. The van der Waals surface area contributed by atoms with Gasteiger partial charge in [-0.25, -0.2) is 0 Å². The third-order valence-corrected chi connectivity index (χ3v) is 5.90. The summed E-state index contributed by atoms with van der Waals surface area (Å²) in [5.41, 5.74) is 7.02. The Labute approximate surface area is 158 Å². The number of allylic oxidation sites excluding steroid dienone is 1. The molecule has 4 rings (SSSR count). The normalized spacial score (nSPS) is 24.1. The third kappa shape index (κ3) is 3.67. The largest absolute Gasteiger partial charge is 0.303 e. The van der Waals surface area contributed by atoms with E-state index >= 15 is 0 Å². The summed E-state index contributed by atoms with van der Waals surface area (Å²) < 4.78 is 0. The van der Waals surface area contributed by atoms with E-state index in [9.17, 15) is 4.79 Å². The molecule has 0 N–H and O–H groups in total. The van der Waals surface area contributed by atoms with Crippen molar-refractivity contribution in [2.75, 3.05) is 0 Å². The van der Waals surface area contributed by atoms with Gasteiger partial charge in [-0.2, -0.15) is 0 Å². The summed E-state index contributed by atoms with van der Waals surface area (Å²) in [6.45, 7) is 6.31. The smallest absolute Gasteiger partial charge is 0.123 e. The van der Waals surface area contributed by atoms with Crippen molar-refractivity contribution in [2.24, 2.45) is 5.92 Å². The number of rotatable bonds is 3. The zero-order valence-electron chi connectivity index (χ0n) is 16.2. The van der Waals surface area contributed by atoms with Crippen molar-refractivity contribution in [3.05, 3.63) is 70.8 Å². The number of hydrogen-bond donors (Lipinski definition) is 0. The Balaban J connectivity index is 0.000000948. The molecule has 1 saturated carbocycles. The SMILES string of the molecule is CC.CC1C(c2cccc(C3CCC(C=O)CC3)c2)=Cc2ccccc21. The minimum absolute atomic E-state index is 0.288. The molecule has 0 radical (unpaired) electrons. The lowest BCUT2D eigenvalue weighted by atomic mass is 9.78. The van der Waals surface area contributed by atoms with Crippen molar-refractivity contribution < 1.29 is 4.79 Å². The van der Waals surface area contributed by atoms with Gasteiger partial charge in [0.05, 0.1) is 0 Å². The predicted octanol–water partition coefficient (Wildman–Crippen LogP) is 6.84. The first kappa shape index (κ1) is 18.6. The van der Waals surface area contributed by atoms with Crippen LogP contribution in [-0.4, -0.2) is 6.29 Å². The molecule has 0 aliphatic heterocycles. The van der Waals surface area contributed by atoms with Crippen LogP contribution < -0.4 is 0 Å². The van der Waals surface area contributed by atoms with Gasteiger partial charge in [0.1, 0.15) is 6.29 Å². The second-order valence-electron chi connectivity index (χ2n) is 7.32. The molecule has 2 aliphatic carbocycles. The molecule has 1 unspecified atom stereocenters. The van der Waals surface area contributed by atoms with Crippen LogP contribution in [0.4, 0.5) is 0 Å². The molecule has 26 heavy (non-hydrogen) atoms. The maximum absolute atomic E-state index is 11.0. The summed E-state index contributed by atoms with van der Waals surface area (Å²) in [4.78, 5) is 11.0. The molecule has 1 fully saturated rings. The van der Waals surface area contributed by atoms with Gasteiger partial charge < -0.3 is 4.79 Å². The van der Waals surface area contributed by atoms with Crippen LogP contribution in [0.1, 0.15) is 80.5 Å². The van der Waals surface area contributed by atoms with E-state index in [2.05, 4.69) is 61.5 Å². The Morgan fingerprint density at radius 1 is 0.923 bits per heavy atom. The summed E-state index contributed by atoms with van der Waals surface area (Å²) in [6.07, 6.45) is 7.87. The number of aldehydes is 1. The molecule has 0 aromatic heterocycles. The van der Waals surface area contributed by atoms with Gasteiger partial charge in [-0.15, -0.1) is 0 Å². The molecular weight excluding hydrogens is 316 g/mol. The van der Waals surface area contributed by atoms with Crippen LogP contribution in [0.15, 0.2) is 48.5 Å². The minimum atomic E-state index is 0.288. The van der Waals surface area contributed by atoms with Gasteiger partial charge in [0.2, 0.25) is 0 Å². The highest BCUT2D eigenvalue weighted by Gasteiger charge is 2.24. The molecule has 2 aromatic carbocycles. The highest BCUT2D eigenvalue weighted by atomic mass is 16.1. The van der Waals surface area contributed by atoms with Gasteiger partial charge in [-0.05, 0) is 59.4 Å². The molecule has 1 heteroatoms. The molecule has 0 spiro atoms. The highest BCUT2D eigenvalue weighted by molar-refractivity contribution is 5.91. The summed E-state index contributed by atoms with van der Waals surface area (Å²) >= 11 is 0. The van der Waals surface area contributed by atoms with Crippen LogP contribution in [0.2, 0.25) is 0 Å². The molecule has 1 nitrogen and oxygen atoms in total. The zero-order valence-corrected chi connectivity index (χ0v) is 16.2. The number of hydrogen-bond acceptors (Lipinski definition) is 1. The van der Waals surface area contributed by atoms with Crippen molar-refractivity contribution in [3.8, 4) is 0 Å². The highest BCUT2D eigenvalue weighted by Crippen LogP contribution is 2.42. The maximum atomic E-state index is 11.0. The van der Waals surface area contributed by atoms with E-state index in [-0.39, 0.29) is 5.92 Å². The van der Waals surface area contributed by atoms with E-state index in [1.165, 1.54) is 27.8 Å². The second-order valence-corrected chi connectivity index (χ2v) is 7.32. The van der Waals surface area contributed by atoms with Crippen LogP contribution in [0.25, 0.3) is 11.6 Å². The lowest BCUT2D eigenvalue weighted by Crippen LogP contribution is -2.14. The fourth-order valence-corrected chi connectivity index (χ4v) is 4.39. The van der Waals surface area contributed by atoms with Crippen LogP contribution in [0.5, 0.6) is 0 Å². The van der Waals surface area contributed by atoms with Gasteiger partial charge in [0.15, 0.2) is 0 Å². The Morgan fingerprint density at radius 2 is 1.65 bits per heavy atom. The number of benzene rings is 2. The van der Waals surface area contributed by atoms with Gasteiger partial charge in [-0.3, -0.25) is 0 Å². The number of carbonyl (C=O) groups excluding carboxylic acids is 1. The molecule has 0 saturated heterocycles. The van der Waals surface area contributed by atoms with Crippen LogP contribution in [0.3, 0.4) is 0 Å². The Bertz CT molecular complexity index is 778. The van der Waals surface area contributed by atoms with Gasteiger partial charge in [0.25, 0.3) is 0 Å². The van der Waals surface area contributed by atoms with E-state index in [0.717, 1.165) is 32.0 Å². The van der Waals surface area contributed by atoms with E-state index < -0.39 is 0 Å². The van der Waals surface area contributed by atoms with E-state index in [4.69, 9.17) is 0 Å². The maximum Gasteiger partial charge on any atom is 0.123 e. The Hall–Kier alpha value is -2.15. The number of fused-ring (bicyclic) bond motifs is 1. The Kier molecular flexibility index (Phi) is 6.08. The first-order valence-corrected chi connectivity index (χ1v) is 10.1. The predicted molar refractivity (Wildman–Crippen MR) is 111 cm³/mol. The van der Waals surface area contributed by atoms with E-state index in [1.54, 1.807) is 0 Å². The van der Waals surface area contributed by atoms with Gasteiger partial charge >= 0.3 is 0 Å². The monoisotopic (exact) mass is 346 g/mol. The first-order valence-electron chi connectivity index (χ1n) is 10.1. The lowest BCUT2D eigenvalue weighted by Gasteiger charge is -2.26. The standard InChI is InChI=1S/C23H24O.C2H6/c1-16-22-8-3-2-5-21(22)14-23(16)20-7-4-6-19(13-20)18-11-9-17(15-24)10-12-18;1-2/h2-8,13-18H,9-12H2,1H3;1-2H3. The topological polar surface area (TPSA) is 17.1 Å². The van der Waals surface area contributed by atoms with Crippen molar-refractivity contribution in [3.63, 3.8) is 0 Å². The first-order chi connectivity index (χ1) is 12.8. The van der Waals surface area contributed by atoms with Crippen LogP contribution >= 0.6 is 0 Å². The van der Waals surface area contributed by atoms with E-state index in [1.807, 2.05) is 13.8 Å². The molecular formula is C25H30O. The molecule has 2 aromatic rings. The number of carbonyl (C=O) groups is 1. The van der Waals surface area contributed by atoms with Gasteiger partial charge in [-0.1, -0.05) is 75.4 Å². The Morgan fingerprint density at radius 3 is 2.35 bits per heavy atom. The second kappa shape index (κ2) is 8.49. The average Bonchev–Trinajstić information content (AvgIpc) is 3.07. The summed E-state index contributed by atoms with van der Waals surface area (Å²) in [5.74, 6) is 1.36. The quantitative estimate of drug-likeness (QED) is 0.556. The van der Waals surface area contributed by atoms with Crippen molar-refractivity contribution >= 4 is 17.9 Å². The summed E-state index contributed by atoms with van der Waals surface area (Å²) in [5, 5.41) is 0. The van der Waals surface area contributed by atoms with Crippen molar-refractivity contribution in [2.45, 2.75) is 58.3 Å². The van der Waals surface area contributed by atoms with Crippen LogP contribution in [0, 0.1) is 5.92 Å². The minimum Gasteiger partial charge on any atom is -0.303 e. The fraction of sp³-hybridized carbons (Fsp3) is 0.400. The summed E-state index contributed by atoms with van der Waals surface area (Å²) in [6, 6.07) is 17.8. The van der Waals surface area contributed by atoms with Crippen molar-refractivity contribution in [1.29, 1.82) is 0 Å². The van der Waals surface area contributed by atoms with E-state index in [0.29, 0.717) is 11.8 Å². The summed E-state index contributed by atoms with van der Waals surface area (Å²) in [7, 11) is 0. The zero-order chi connectivity index (χ0) is 18.5. The molecule has 1 atom stereocenters. The van der Waals surface area contributed by atoms with Crippen LogP contribution in [-0.2, 0) is 4.79 Å². The molecule has 2 aliphatic rings. The molecule has 136 valence electrons. The molecule has 0 heterocycles. The average molecular weight is 347 g/mol.